The molecule has 0 saturated carbocycles. The molecule has 1 aromatic rings. The van der Waals surface area contributed by atoms with Gasteiger partial charge >= 0.3 is 0 Å². The zero-order chi connectivity index (χ0) is 18.6. The van der Waals surface area contributed by atoms with Crippen LogP contribution in [0.1, 0.15) is 48.1 Å². The van der Waals surface area contributed by atoms with Crippen molar-refractivity contribution in [3.8, 4) is 6.07 Å². The minimum absolute atomic E-state index is 0.0724. The standard InChI is InChI=1S/C18H24N4O3/c1-11-13(12(2)21-17(24)14(11)10-19)7-8-16(23)22-9-5-4-6-15(22)18(25)20-3/h15H,4-9H2,1-3H3,(H,20,25)(H,21,24)/t15-/m1/s1. The highest BCUT2D eigenvalue weighted by Gasteiger charge is 2.31. The smallest absolute Gasteiger partial charge is 0.266 e. The summed E-state index contributed by atoms with van der Waals surface area (Å²) in [5, 5.41) is 11.8. The van der Waals surface area contributed by atoms with Gasteiger partial charge in [0.05, 0.1) is 0 Å². The van der Waals surface area contributed by atoms with E-state index in [1.807, 2.05) is 6.07 Å². The number of carbonyl (C=O) groups excluding carboxylic acids is 2. The summed E-state index contributed by atoms with van der Waals surface area (Å²) in [5.74, 6) is -0.201. The van der Waals surface area contributed by atoms with Gasteiger partial charge in [0.15, 0.2) is 0 Å². The van der Waals surface area contributed by atoms with Crippen LogP contribution in [0.2, 0.25) is 0 Å². The first-order valence-corrected chi connectivity index (χ1v) is 8.54. The van der Waals surface area contributed by atoms with Crippen LogP contribution in [0.4, 0.5) is 0 Å². The first-order valence-electron chi connectivity index (χ1n) is 8.54. The van der Waals surface area contributed by atoms with Crippen LogP contribution >= 0.6 is 0 Å². The van der Waals surface area contributed by atoms with Crippen molar-refractivity contribution in [1.29, 1.82) is 5.26 Å². The molecule has 7 nitrogen and oxygen atoms in total. The molecule has 1 aliphatic heterocycles. The van der Waals surface area contributed by atoms with E-state index in [2.05, 4.69) is 10.3 Å². The molecule has 0 radical (unpaired) electrons. The lowest BCUT2D eigenvalue weighted by Gasteiger charge is -2.34. The van der Waals surface area contributed by atoms with Crippen LogP contribution in [0.5, 0.6) is 0 Å². The molecule has 0 spiro atoms. The molecule has 2 amide bonds. The van der Waals surface area contributed by atoms with Gasteiger partial charge in [-0.05, 0) is 50.7 Å². The van der Waals surface area contributed by atoms with Crippen molar-refractivity contribution in [3.05, 3.63) is 32.7 Å². The van der Waals surface area contributed by atoms with E-state index in [4.69, 9.17) is 5.26 Å². The molecule has 2 N–H and O–H groups in total. The number of nitriles is 1. The average Bonchev–Trinajstić information content (AvgIpc) is 2.60. The van der Waals surface area contributed by atoms with Crippen molar-refractivity contribution < 1.29 is 9.59 Å². The van der Waals surface area contributed by atoms with Gasteiger partial charge in [-0.25, -0.2) is 0 Å². The third kappa shape index (κ3) is 3.90. The van der Waals surface area contributed by atoms with E-state index in [1.54, 1.807) is 25.8 Å². The Morgan fingerprint density at radius 3 is 2.72 bits per heavy atom. The van der Waals surface area contributed by atoms with Crippen molar-refractivity contribution in [2.75, 3.05) is 13.6 Å². The number of nitrogens with zero attached hydrogens (tertiary/aromatic N) is 2. The Labute approximate surface area is 147 Å². The zero-order valence-corrected chi connectivity index (χ0v) is 14.9. The lowest BCUT2D eigenvalue weighted by molar-refractivity contribution is -0.142. The third-order valence-electron chi connectivity index (χ3n) is 4.88. The molecule has 1 fully saturated rings. The maximum atomic E-state index is 12.7. The van der Waals surface area contributed by atoms with Gasteiger partial charge in [-0.15, -0.1) is 0 Å². The number of likely N-dealkylation sites (tertiary alicyclic amines) is 1. The first kappa shape index (κ1) is 18.7. The number of H-pyrrole nitrogens is 1. The van der Waals surface area contributed by atoms with E-state index in [1.165, 1.54) is 0 Å². The molecule has 1 atom stereocenters. The first-order chi connectivity index (χ1) is 11.9. The maximum absolute atomic E-state index is 12.7. The number of rotatable bonds is 4. The van der Waals surface area contributed by atoms with Crippen molar-refractivity contribution in [2.45, 2.75) is 52.0 Å². The summed E-state index contributed by atoms with van der Waals surface area (Å²) in [7, 11) is 1.58. The van der Waals surface area contributed by atoms with Crippen LogP contribution in [0, 0.1) is 25.2 Å². The number of carbonyl (C=O) groups is 2. The predicted octanol–water partition coefficient (Wildman–Crippen LogP) is 0.923. The Balaban J connectivity index is 2.16. The van der Waals surface area contributed by atoms with E-state index >= 15 is 0 Å². The van der Waals surface area contributed by atoms with E-state index in [0.717, 1.165) is 18.4 Å². The number of pyridine rings is 1. The summed E-state index contributed by atoms with van der Waals surface area (Å²) < 4.78 is 0. The minimum Gasteiger partial charge on any atom is -0.357 e. The zero-order valence-electron chi connectivity index (χ0n) is 14.9. The van der Waals surface area contributed by atoms with E-state index in [-0.39, 0.29) is 23.8 Å². The van der Waals surface area contributed by atoms with Crippen molar-refractivity contribution in [3.63, 3.8) is 0 Å². The second kappa shape index (κ2) is 7.97. The van der Waals surface area contributed by atoms with Crippen LogP contribution in [0.15, 0.2) is 4.79 Å². The molecular weight excluding hydrogens is 320 g/mol. The van der Waals surface area contributed by atoms with Crippen molar-refractivity contribution in [1.82, 2.24) is 15.2 Å². The number of aromatic amines is 1. The van der Waals surface area contributed by atoms with Gasteiger partial charge in [0.1, 0.15) is 17.7 Å². The number of likely N-dealkylation sites (N-methyl/N-ethyl adjacent to an activating group) is 1. The summed E-state index contributed by atoms with van der Waals surface area (Å²) >= 11 is 0. The molecule has 1 aliphatic rings. The molecule has 2 rings (SSSR count). The maximum Gasteiger partial charge on any atom is 0.266 e. The van der Waals surface area contributed by atoms with Gasteiger partial charge < -0.3 is 15.2 Å². The fourth-order valence-corrected chi connectivity index (χ4v) is 3.47. The summed E-state index contributed by atoms with van der Waals surface area (Å²) in [6.07, 6.45) is 3.19. The predicted molar refractivity (Wildman–Crippen MR) is 93.0 cm³/mol. The van der Waals surface area contributed by atoms with E-state index in [9.17, 15) is 14.4 Å². The van der Waals surface area contributed by atoms with Crippen LogP contribution in [-0.2, 0) is 16.0 Å². The molecule has 0 bridgehead atoms. The molecule has 134 valence electrons. The molecule has 0 aromatic carbocycles. The number of hydrogen-bond donors (Lipinski definition) is 2. The summed E-state index contributed by atoms with van der Waals surface area (Å²) in [6.45, 7) is 4.09. The highest BCUT2D eigenvalue weighted by atomic mass is 16.2. The fourth-order valence-electron chi connectivity index (χ4n) is 3.47. The molecule has 2 heterocycles. The van der Waals surface area contributed by atoms with Crippen molar-refractivity contribution in [2.24, 2.45) is 0 Å². The quantitative estimate of drug-likeness (QED) is 0.847. The monoisotopic (exact) mass is 344 g/mol. The van der Waals surface area contributed by atoms with Gasteiger partial charge in [-0.1, -0.05) is 0 Å². The van der Waals surface area contributed by atoms with Crippen LogP contribution in [0.25, 0.3) is 0 Å². The summed E-state index contributed by atoms with van der Waals surface area (Å²) in [5.41, 5.74) is 1.81. The Morgan fingerprint density at radius 1 is 1.36 bits per heavy atom. The average molecular weight is 344 g/mol. The topological polar surface area (TPSA) is 106 Å². The number of amides is 2. The Hall–Kier alpha value is -2.62. The van der Waals surface area contributed by atoms with Crippen LogP contribution in [-0.4, -0.2) is 41.3 Å². The number of piperidine rings is 1. The number of hydrogen-bond acceptors (Lipinski definition) is 4. The number of aromatic nitrogens is 1. The van der Waals surface area contributed by atoms with Gasteiger partial charge in [0.25, 0.3) is 5.56 Å². The normalized spacial score (nSPS) is 17.0. The largest absolute Gasteiger partial charge is 0.357 e. The molecule has 25 heavy (non-hydrogen) atoms. The fraction of sp³-hybridized carbons (Fsp3) is 0.556. The molecule has 0 aliphatic carbocycles. The Kier molecular flexibility index (Phi) is 5.97. The van der Waals surface area contributed by atoms with Crippen LogP contribution in [0.3, 0.4) is 0 Å². The minimum atomic E-state index is -0.404. The molecule has 1 aromatic heterocycles. The van der Waals surface area contributed by atoms with E-state index in [0.29, 0.717) is 30.6 Å². The molecular formula is C18H24N4O3. The molecule has 0 unspecified atom stereocenters. The SMILES string of the molecule is CNC(=O)[C@H]1CCCCN1C(=O)CCc1c(C)[nH]c(=O)c(C#N)c1C. The van der Waals surface area contributed by atoms with Gasteiger partial charge in [0.2, 0.25) is 11.8 Å². The lowest BCUT2D eigenvalue weighted by atomic mass is 9.97. The number of aryl methyl sites for hydroxylation is 1. The van der Waals surface area contributed by atoms with Crippen LogP contribution < -0.4 is 10.9 Å². The molecule has 7 heteroatoms. The highest BCUT2D eigenvalue weighted by Crippen LogP contribution is 2.20. The van der Waals surface area contributed by atoms with Crippen molar-refractivity contribution >= 4 is 11.8 Å². The van der Waals surface area contributed by atoms with Gasteiger partial charge in [0, 0.05) is 25.7 Å². The van der Waals surface area contributed by atoms with Gasteiger partial charge in [-0.3, -0.25) is 14.4 Å². The second-order valence-corrected chi connectivity index (χ2v) is 6.38. The highest BCUT2D eigenvalue weighted by molar-refractivity contribution is 5.87. The summed E-state index contributed by atoms with van der Waals surface area (Å²) in [6, 6.07) is 1.52. The van der Waals surface area contributed by atoms with Gasteiger partial charge in [-0.2, -0.15) is 5.26 Å². The third-order valence-corrected chi connectivity index (χ3v) is 4.88. The second-order valence-electron chi connectivity index (χ2n) is 6.38. The summed E-state index contributed by atoms with van der Waals surface area (Å²) in [4.78, 5) is 40.8. The number of nitrogens with one attached hydrogen (secondary N) is 2. The molecule has 1 saturated heterocycles. The lowest BCUT2D eigenvalue weighted by Crippen LogP contribution is -2.51. The Morgan fingerprint density at radius 2 is 2.08 bits per heavy atom. The Bertz CT molecular complexity index is 776. The van der Waals surface area contributed by atoms with E-state index < -0.39 is 11.6 Å².